The Morgan fingerprint density at radius 2 is 2.10 bits per heavy atom. The highest BCUT2D eigenvalue weighted by atomic mass is 16.5. The fourth-order valence-electron chi connectivity index (χ4n) is 3.40. The van der Waals surface area contributed by atoms with E-state index in [0.29, 0.717) is 5.92 Å². The monoisotopic (exact) mass is 277 g/mol. The smallest absolute Gasteiger partial charge is 0.157 e. The lowest BCUT2D eigenvalue weighted by molar-refractivity contribution is 0.259. The lowest BCUT2D eigenvalue weighted by atomic mass is 9.87. The van der Waals surface area contributed by atoms with E-state index in [1.54, 1.807) is 0 Å². The summed E-state index contributed by atoms with van der Waals surface area (Å²) < 4.78 is 7.89. The summed E-state index contributed by atoms with van der Waals surface area (Å²) in [6.07, 6.45) is 13.5. The Labute approximate surface area is 121 Å². The van der Waals surface area contributed by atoms with E-state index in [9.17, 15) is 0 Å². The third kappa shape index (κ3) is 3.98. The molecule has 1 unspecified atom stereocenters. The van der Waals surface area contributed by atoms with Crippen LogP contribution in [0.3, 0.4) is 0 Å². The lowest BCUT2D eigenvalue weighted by Gasteiger charge is -2.21. The van der Waals surface area contributed by atoms with Gasteiger partial charge in [-0.05, 0) is 25.3 Å². The first-order chi connectivity index (χ1) is 9.90. The minimum absolute atomic E-state index is 0.667. The number of ether oxygens (including phenoxy) is 1. The molecule has 1 saturated heterocycles. The summed E-state index contributed by atoms with van der Waals surface area (Å²) in [6, 6.07) is 0. The van der Waals surface area contributed by atoms with Gasteiger partial charge in [-0.3, -0.25) is 4.68 Å². The van der Waals surface area contributed by atoms with E-state index in [1.807, 2.05) is 6.20 Å². The van der Waals surface area contributed by atoms with Gasteiger partial charge in [0.05, 0.1) is 19.0 Å². The summed E-state index contributed by atoms with van der Waals surface area (Å²) in [5.74, 6) is 2.52. The molecule has 0 bridgehead atoms. The summed E-state index contributed by atoms with van der Waals surface area (Å²) in [5.41, 5.74) is 0. The first-order valence-corrected chi connectivity index (χ1v) is 8.26. The van der Waals surface area contributed by atoms with Gasteiger partial charge in [-0.2, -0.15) is 5.10 Å². The van der Waals surface area contributed by atoms with Crippen molar-refractivity contribution in [3.05, 3.63) is 12.4 Å². The Kier molecular flexibility index (Phi) is 4.96. The van der Waals surface area contributed by atoms with Crippen LogP contribution in [0.5, 0.6) is 5.75 Å². The SMILES string of the molecule is c1nn(CCC2CCCCC2)cc1OCC1CCNC1. The average molecular weight is 277 g/mol. The fraction of sp³-hybridized carbons (Fsp3) is 0.812. The first kappa shape index (κ1) is 13.9. The molecule has 1 aliphatic carbocycles. The van der Waals surface area contributed by atoms with Crippen LogP contribution >= 0.6 is 0 Å². The number of nitrogens with one attached hydrogen (secondary N) is 1. The highest BCUT2D eigenvalue weighted by molar-refractivity contribution is 5.11. The van der Waals surface area contributed by atoms with E-state index in [2.05, 4.69) is 21.3 Å². The van der Waals surface area contributed by atoms with Crippen LogP contribution in [-0.4, -0.2) is 29.5 Å². The summed E-state index contributed by atoms with van der Waals surface area (Å²) in [4.78, 5) is 0. The maximum atomic E-state index is 5.84. The van der Waals surface area contributed by atoms with Gasteiger partial charge in [0.25, 0.3) is 0 Å². The van der Waals surface area contributed by atoms with Gasteiger partial charge in [0, 0.05) is 19.0 Å². The molecule has 0 aromatic carbocycles. The number of rotatable bonds is 6. The summed E-state index contributed by atoms with van der Waals surface area (Å²) in [7, 11) is 0. The van der Waals surface area contributed by atoms with Crippen molar-refractivity contribution in [1.82, 2.24) is 15.1 Å². The second-order valence-electron chi connectivity index (χ2n) is 6.40. The Morgan fingerprint density at radius 3 is 2.90 bits per heavy atom. The Bertz CT molecular complexity index is 392. The third-order valence-corrected chi connectivity index (χ3v) is 4.75. The summed E-state index contributed by atoms with van der Waals surface area (Å²) >= 11 is 0. The van der Waals surface area contributed by atoms with Gasteiger partial charge < -0.3 is 10.1 Å². The number of aryl methyl sites for hydroxylation is 1. The van der Waals surface area contributed by atoms with Crippen molar-refractivity contribution in [2.45, 2.75) is 51.5 Å². The Balaban J connectivity index is 1.39. The molecule has 0 spiro atoms. The van der Waals surface area contributed by atoms with E-state index in [0.717, 1.165) is 37.9 Å². The molecule has 4 heteroatoms. The second kappa shape index (κ2) is 7.11. The second-order valence-corrected chi connectivity index (χ2v) is 6.40. The summed E-state index contributed by atoms with van der Waals surface area (Å²) in [6.45, 7) is 4.09. The highest BCUT2D eigenvalue weighted by Crippen LogP contribution is 2.26. The molecule has 4 nitrogen and oxygen atoms in total. The predicted molar refractivity (Wildman–Crippen MR) is 79.9 cm³/mol. The zero-order valence-corrected chi connectivity index (χ0v) is 12.4. The van der Waals surface area contributed by atoms with Gasteiger partial charge in [-0.1, -0.05) is 32.1 Å². The molecule has 1 aromatic rings. The van der Waals surface area contributed by atoms with Crippen molar-refractivity contribution in [2.75, 3.05) is 19.7 Å². The molecular formula is C16H27N3O. The molecule has 0 amide bonds. The van der Waals surface area contributed by atoms with Gasteiger partial charge in [0.15, 0.2) is 5.75 Å². The minimum Gasteiger partial charge on any atom is -0.490 e. The van der Waals surface area contributed by atoms with E-state index < -0.39 is 0 Å². The van der Waals surface area contributed by atoms with Gasteiger partial charge in [0.2, 0.25) is 0 Å². The van der Waals surface area contributed by atoms with Crippen LogP contribution in [0.15, 0.2) is 12.4 Å². The molecule has 2 heterocycles. The molecule has 0 radical (unpaired) electrons. The van der Waals surface area contributed by atoms with Gasteiger partial charge in [-0.15, -0.1) is 0 Å². The number of aromatic nitrogens is 2. The van der Waals surface area contributed by atoms with Crippen LogP contribution in [0, 0.1) is 11.8 Å². The number of nitrogens with zero attached hydrogens (tertiary/aromatic N) is 2. The maximum absolute atomic E-state index is 5.84. The van der Waals surface area contributed by atoms with E-state index in [-0.39, 0.29) is 0 Å². The first-order valence-electron chi connectivity index (χ1n) is 8.26. The van der Waals surface area contributed by atoms with Crippen molar-refractivity contribution in [3.8, 4) is 5.75 Å². The number of hydrogen-bond acceptors (Lipinski definition) is 3. The minimum atomic E-state index is 0.667. The van der Waals surface area contributed by atoms with Crippen molar-refractivity contribution < 1.29 is 4.74 Å². The largest absolute Gasteiger partial charge is 0.490 e. The molecule has 3 rings (SSSR count). The average Bonchev–Trinajstić information content (AvgIpc) is 3.16. The van der Waals surface area contributed by atoms with Crippen LogP contribution in [-0.2, 0) is 6.54 Å². The van der Waals surface area contributed by atoms with Crippen LogP contribution in [0.25, 0.3) is 0 Å². The van der Waals surface area contributed by atoms with Gasteiger partial charge in [-0.25, -0.2) is 0 Å². The van der Waals surface area contributed by atoms with Crippen molar-refractivity contribution in [3.63, 3.8) is 0 Å². The van der Waals surface area contributed by atoms with Gasteiger partial charge >= 0.3 is 0 Å². The van der Waals surface area contributed by atoms with Crippen molar-refractivity contribution >= 4 is 0 Å². The zero-order valence-electron chi connectivity index (χ0n) is 12.4. The van der Waals surface area contributed by atoms with Crippen LogP contribution in [0.4, 0.5) is 0 Å². The fourth-order valence-corrected chi connectivity index (χ4v) is 3.40. The molecule has 1 atom stereocenters. The quantitative estimate of drug-likeness (QED) is 0.869. The summed E-state index contributed by atoms with van der Waals surface area (Å²) in [5, 5.41) is 7.79. The molecule has 2 aliphatic rings. The van der Waals surface area contributed by atoms with E-state index >= 15 is 0 Å². The Hall–Kier alpha value is -1.03. The normalized spacial score (nSPS) is 24.1. The predicted octanol–water partition coefficient (Wildman–Crippen LogP) is 2.84. The highest BCUT2D eigenvalue weighted by Gasteiger charge is 2.16. The van der Waals surface area contributed by atoms with Crippen molar-refractivity contribution in [1.29, 1.82) is 0 Å². The molecule has 1 N–H and O–H groups in total. The zero-order chi connectivity index (χ0) is 13.6. The molecule has 1 aliphatic heterocycles. The van der Waals surface area contributed by atoms with Crippen LogP contribution in [0.1, 0.15) is 44.9 Å². The molecular weight excluding hydrogens is 250 g/mol. The number of hydrogen-bond donors (Lipinski definition) is 1. The lowest BCUT2D eigenvalue weighted by Crippen LogP contribution is -2.15. The molecule has 1 aromatic heterocycles. The third-order valence-electron chi connectivity index (χ3n) is 4.75. The van der Waals surface area contributed by atoms with Gasteiger partial charge in [0.1, 0.15) is 0 Å². The van der Waals surface area contributed by atoms with Crippen LogP contribution < -0.4 is 10.1 Å². The molecule has 20 heavy (non-hydrogen) atoms. The molecule has 1 saturated carbocycles. The maximum Gasteiger partial charge on any atom is 0.157 e. The van der Waals surface area contributed by atoms with E-state index in [1.165, 1.54) is 44.9 Å². The van der Waals surface area contributed by atoms with Crippen molar-refractivity contribution in [2.24, 2.45) is 11.8 Å². The van der Waals surface area contributed by atoms with E-state index in [4.69, 9.17) is 4.74 Å². The topological polar surface area (TPSA) is 39.1 Å². The standard InChI is InChI=1S/C16H27N3O/c1-2-4-14(5-3-1)7-9-19-12-16(11-18-19)20-13-15-6-8-17-10-15/h11-12,14-15,17H,1-10,13H2. The molecule has 2 fully saturated rings. The Morgan fingerprint density at radius 1 is 1.20 bits per heavy atom. The molecule has 112 valence electrons. The van der Waals surface area contributed by atoms with Crippen LogP contribution in [0.2, 0.25) is 0 Å².